The number of primary amides is 1. The minimum absolute atomic E-state index is 0.0254. The van der Waals surface area contributed by atoms with E-state index in [1.54, 1.807) is 0 Å². The summed E-state index contributed by atoms with van der Waals surface area (Å²) in [4.78, 5) is 22.3. The summed E-state index contributed by atoms with van der Waals surface area (Å²) in [5.41, 5.74) is 5.23. The highest BCUT2D eigenvalue weighted by Crippen LogP contribution is 2.16. The van der Waals surface area contributed by atoms with Crippen molar-refractivity contribution in [3.8, 4) is 11.4 Å². The first-order valence-corrected chi connectivity index (χ1v) is 4.41. The van der Waals surface area contributed by atoms with E-state index in [0.717, 1.165) is 0 Å². The molecule has 1 amide bonds. The third-order valence-electron chi connectivity index (χ3n) is 1.89. The highest BCUT2D eigenvalue weighted by Gasteiger charge is 2.10. The number of nitrogens with two attached hydrogens (primary N) is 1. The lowest BCUT2D eigenvalue weighted by Crippen LogP contribution is -2.13. The largest absolute Gasteiger partial charge is 0.364 e. The van der Waals surface area contributed by atoms with Gasteiger partial charge in [0.05, 0.1) is 12.4 Å². The number of carbonyl (C=O) groups is 1. The Bertz CT molecular complexity index is 544. The highest BCUT2D eigenvalue weighted by atomic mass is 19.1. The van der Waals surface area contributed by atoms with Crippen LogP contribution in [0.1, 0.15) is 10.5 Å². The van der Waals surface area contributed by atoms with Crippen LogP contribution in [0.4, 0.5) is 4.39 Å². The van der Waals surface area contributed by atoms with Crippen LogP contribution in [0.3, 0.4) is 0 Å². The summed E-state index contributed by atoms with van der Waals surface area (Å²) < 4.78 is 13.4. The van der Waals surface area contributed by atoms with Crippen LogP contribution in [-0.4, -0.2) is 20.9 Å². The zero-order valence-electron chi connectivity index (χ0n) is 8.09. The second kappa shape index (κ2) is 4.01. The van der Waals surface area contributed by atoms with Crippen molar-refractivity contribution in [2.24, 2.45) is 5.73 Å². The first kappa shape index (κ1) is 10.2. The Hall–Kier alpha value is -2.37. The number of carbonyl (C=O) groups excluding carboxylic acids is 1. The molecular formula is C10H7FN4O. The summed E-state index contributed by atoms with van der Waals surface area (Å²) in [5.74, 6) is -1.25. The van der Waals surface area contributed by atoms with Crippen LogP contribution in [0, 0.1) is 5.82 Å². The smallest absolute Gasteiger partial charge is 0.268 e. The van der Waals surface area contributed by atoms with Crippen molar-refractivity contribution in [1.29, 1.82) is 0 Å². The molecule has 0 spiro atoms. The van der Waals surface area contributed by atoms with Crippen molar-refractivity contribution in [3.63, 3.8) is 0 Å². The minimum atomic E-state index is -0.717. The number of halogens is 1. The molecule has 2 N–H and O–H groups in total. The van der Waals surface area contributed by atoms with Gasteiger partial charge in [0.15, 0.2) is 5.82 Å². The molecule has 0 aliphatic carbocycles. The van der Waals surface area contributed by atoms with Crippen molar-refractivity contribution in [2.45, 2.75) is 0 Å². The molecule has 0 aromatic carbocycles. The molecule has 2 aromatic heterocycles. The van der Waals surface area contributed by atoms with Gasteiger partial charge < -0.3 is 5.73 Å². The fourth-order valence-electron chi connectivity index (χ4n) is 1.17. The number of amides is 1. The molecule has 2 rings (SSSR count). The zero-order valence-corrected chi connectivity index (χ0v) is 8.09. The van der Waals surface area contributed by atoms with Crippen LogP contribution in [0.5, 0.6) is 0 Å². The Kier molecular flexibility index (Phi) is 2.55. The lowest BCUT2D eigenvalue weighted by molar-refractivity contribution is 0.0995. The maximum atomic E-state index is 13.4. The van der Waals surface area contributed by atoms with Crippen molar-refractivity contribution in [2.75, 3.05) is 0 Å². The van der Waals surface area contributed by atoms with E-state index in [1.807, 2.05) is 0 Å². The summed E-state index contributed by atoms with van der Waals surface area (Å²) in [6, 6.07) is 2.71. The fourth-order valence-corrected chi connectivity index (χ4v) is 1.17. The van der Waals surface area contributed by atoms with E-state index < -0.39 is 11.7 Å². The van der Waals surface area contributed by atoms with E-state index in [1.165, 1.54) is 30.7 Å². The van der Waals surface area contributed by atoms with Crippen molar-refractivity contribution in [3.05, 3.63) is 42.2 Å². The first-order chi connectivity index (χ1) is 7.68. The summed E-state index contributed by atoms with van der Waals surface area (Å²) >= 11 is 0. The van der Waals surface area contributed by atoms with Gasteiger partial charge in [0.1, 0.15) is 17.1 Å². The molecule has 0 aliphatic rings. The molecule has 5 nitrogen and oxygen atoms in total. The molecule has 0 unspecified atom stereocenters. The Morgan fingerprint density at radius 1 is 1.38 bits per heavy atom. The average molecular weight is 218 g/mol. The second-order valence-corrected chi connectivity index (χ2v) is 2.99. The number of pyridine rings is 1. The maximum Gasteiger partial charge on any atom is 0.268 e. The molecule has 0 saturated heterocycles. The topological polar surface area (TPSA) is 81.8 Å². The standard InChI is InChI=1S/C10H7FN4O/c11-6-2-1-3-14-9(6)7-4-13-5-8(15-7)10(12)16/h1-5H,(H2,12,16). The van der Waals surface area contributed by atoms with Crippen molar-refractivity contribution >= 4 is 5.91 Å². The average Bonchev–Trinajstić information content (AvgIpc) is 2.30. The quantitative estimate of drug-likeness (QED) is 0.807. The van der Waals surface area contributed by atoms with Gasteiger partial charge in [-0.3, -0.25) is 14.8 Å². The van der Waals surface area contributed by atoms with E-state index in [0.29, 0.717) is 0 Å². The van der Waals surface area contributed by atoms with Crippen molar-refractivity contribution < 1.29 is 9.18 Å². The molecule has 0 saturated carbocycles. The molecule has 6 heteroatoms. The molecular weight excluding hydrogens is 211 g/mol. The van der Waals surface area contributed by atoms with E-state index in [4.69, 9.17) is 5.73 Å². The highest BCUT2D eigenvalue weighted by molar-refractivity contribution is 5.90. The lowest BCUT2D eigenvalue weighted by atomic mass is 10.2. The predicted molar refractivity (Wildman–Crippen MR) is 53.7 cm³/mol. The molecule has 0 radical (unpaired) electrons. The fraction of sp³-hybridized carbons (Fsp3) is 0. The molecule has 2 aromatic rings. The van der Waals surface area contributed by atoms with E-state index in [9.17, 15) is 9.18 Å². The van der Waals surface area contributed by atoms with Gasteiger partial charge in [0.2, 0.25) is 0 Å². The van der Waals surface area contributed by atoms with Crippen LogP contribution < -0.4 is 5.73 Å². The number of nitrogens with zero attached hydrogens (tertiary/aromatic N) is 3. The molecule has 0 fully saturated rings. The van der Waals surface area contributed by atoms with Gasteiger partial charge in [-0.25, -0.2) is 9.37 Å². The third-order valence-corrected chi connectivity index (χ3v) is 1.89. The molecule has 80 valence electrons. The third kappa shape index (κ3) is 1.85. The Balaban J connectivity index is 2.53. The van der Waals surface area contributed by atoms with E-state index in [-0.39, 0.29) is 17.1 Å². The van der Waals surface area contributed by atoms with Crippen LogP contribution in [0.2, 0.25) is 0 Å². The molecule has 0 atom stereocenters. The first-order valence-electron chi connectivity index (χ1n) is 4.41. The Morgan fingerprint density at radius 2 is 2.19 bits per heavy atom. The van der Waals surface area contributed by atoms with E-state index >= 15 is 0 Å². The van der Waals surface area contributed by atoms with Gasteiger partial charge in [0.25, 0.3) is 5.91 Å². The van der Waals surface area contributed by atoms with Gasteiger partial charge >= 0.3 is 0 Å². The van der Waals surface area contributed by atoms with Gasteiger partial charge in [0, 0.05) is 6.20 Å². The zero-order chi connectivity index (χ0) is 11.5. The molecule has 2 heterocycles. The Labute approximate surface area is 90.2 Å². The lowest BCUT2D eigenvalue weighted by Gasteiger charge is -2.01. The SMILES string of the molecule is NC(=O)c1cncc(-c2ncccc2F)n1. The predicted octanol–water partition coefficient (Wildman–Crippen LogP) is 0.777. The van der Waals surface area contributed by atoms with Gasteiger partial charge in [-0.2, -0.15) is 0 Å². The molecule has 16 heavy (non-hydrogen) atoms. The van der Waals surface area contributed by atoms with Gasteiger partial charge in [-0.1, -0.05) is 0 Å². The Morgan fingerprint density at radius 3 is 2.88 bits per heavy atom. The van der Waals surface area contributed by atoms with Crippen molar-refractivity contribution in [1.82, 2.24) is 15.0 Å². The molecule has 0 bridgehead atoms. The number of hydrogen-bond acceptors (Lipinski definition) is 4. The monoisotopic (exact) mass is 218 g/mol. The minimum Gasteiger partial charge on any atom is -0.364 e. The maximum absolute atomic E-state index is 13.4. The van der Waals surface area contributed by atoms with Gasteiger partial charge in [-0.15, -0.1) is 0 Å². The normalized spacial score (nSPS) is 10.1. The van der Waals surface area contributed by atoms with Gasteiger partial charge in [-0.05, 0) is 12.1 Å². The van der Waals surface area contributed by atoms with E-state index in [2.05, 4.69) is 15.0 Å². The summed E-state index contributed by atoms with van der Waals surface area (Å²) in [7, 11) is 0. The summed E-state index contributed by atoms with van der Waals surface area (Å²) in [5, 5.41) is 0. The number of hydrogen-bond donors (Lipinski definition) is 1. The van der Waals surface area contributed by atoms with Crippen LogP contribution in [0.25, 0.3) is 11.4 Å². The molecule has 0 aliphatic heterocycles. The number of rotatable bonds is 2. The van der Waals surface area contributed by atoms with Crippen LogP contribution >= 0.6 is 0 Å². The van der Waals surface area contributed by atoms with Crippen LogP contribution in [0.15, 0.2) is 30.7 Å². The summed E-state index contributed by atoms with van der Waals surface area (Å²) in [6.07, 6.45) is 3.96. The number of aromatic nitrogens is 3. The van der Waals surface area contributed by atoms with Crippen LogP contribution in [-0.2, 0) is 0 Å². The summed E-state index contributed by atoms with van der Waals surface area (Å²) in [6.45, 7) is 0. The second-order valence-electron chi connectivity index (χ2n) is 2.99.